The average Bonchev–Trinajstić information content (AvgIpc) is 2.40. The highest BCUT2D eigenvalue weighted by Gasteiger charge is 2.16. The molecule has 0 saturated carbocycles. The van der Waals surface area contributed by atoms with Crippen molar-refractivity contribution in [2.75, 3.05) is 25.0 Å². The van der Waals surface area contributed by atoms with Gasteiger partial charge in [-0.1, -0.05) is 11.6 Å². The van der Waals surface area contributed by atoms with Crippen molar-refractivity contribution in [1.82, 2.24) is 4.90 Å². The van der Waals surface area contributed by atoms with E-state index in [1.165, 1.54) is 24.6 Å². The molecule has 0 bridgehead atoms. The third-order valence-corrected chi connectivity index (χ3v) is 3.30. The van der Waals surface area contributed by atoms with E-state index in [0.717, 1.165) is 25.9 Å². The van der Waals surface area contributed by atoms with Gasteiger partial charge in [-0.05, 0) is 37.5 Å². The number of halogens is 2. The quantitative estimate of drug-likeness (QED) is 0.916. The maximum atomic E-state index is 13.4. The van der Waals surface area contributed by atoms with E-state index in [-0.39, 0.29) is 18.1 Å². The standard InChI is InChI=1S/C13H16ClFN2O/c14-10-4-5-11(15)12(8-10)16-9-13(18)17-6-2-1-3-7-17/h4-5,8,16H,1-3,6-7,9H2. The smallest absolute Gasteiger partial charge is 0.241 e. The van der Waals surface area contributed by atoms with Crippen molar-refractivity contribution in [3.8, 4) is 0 Å². The van der Waals surface area contributed by atoms with Crippen molar-refractivity contribution in [1.29, 1.82) is 0 Å². The Balaban J connectivity index is 1.90. The summed E-state index contributed by atoms with van der Waals surface area (Å²) in [5.41, 5.74) is 0.271. The molecular weight excluding hydrogens is 255 g/mol. The largest absolute Gasteiger partial charge is 0.374 e. The predicted molar refractivity (Wildman–Crippen MR) is 70.3 cm³/mol. The Labute approximate surface area is 111 Å². The number of rotatable bonds is 3. The Kier molecular flexibility index (Phi) is 4.42. The van der Waals surface area contributed by atoms with E-state index >= 15 is 0 Å². The molecule has 0 spiro atoms. The van der Waals surface area contributed by atoms with Crippen LogP contribution in [0.15, 0.2) is 18.2 Å². The van der Waals surface area contributed by atoms with Crippen LogP contribution in [0.25, 0.3) is 0 Å². The van der Waals surface area contributed by atoms with Gasteiger partial charge in [-0.15, -0.1) is 0 Å². The molecule has 1 aliphatic rings. The fraction of sp³-hybridized carbons (Fsp3) is 0.462. The zero-order valence-corrected chi connectivity index (χ0v) is 10.8. The SMILES string of the molecule is O=C(CNc1cc(Cl)ccc1F)N1CCCCC1. The molecule has 3 nitrogen and oxygen atoms in total. The van der Waals surface area contributed by atoms with Gasteiger partial charge in [0.2, 0.25) is 5.91 Å². The topological polar surface area (TPSA) is 32.3 Å². The maximum Gasteiger partial charge on any atom is 0.241 e. The molecule has 0 atom stereocenters. The normalized spacial score (nSPS) is 15.6. The van der Waals surface area contributed by atoms with Gasteiger partial charge in [-0.2, -0.15) is 0 Å². The van der Waals surface area contributed by atoms with Crippen LogP contribution < -0.4 is 5.32 Å². The van der Waals surface area contributed by atoms with Crippen LogP contribution in [0.3, 0.4) is 0 Å². The summed E-state index contributed by atoms with van der Waals surface area (Å²) in [6.45, 7) is 1.72. The molecule has 5 heteroatoms. The number of hydrogen-bond donors (Lipinski definition) is 1. The number of nitrogens with one attached hydrogen (secondary N) is 1. The highest BCUT2D eigenvalue weighted by atomic mass is 35.5. The van der Waals surface area contributed by atoms with Crippen LogP contribution in [0.1, 0.15) is 19.3 Å². The molecule has 2 rings (SSSR count). The van der Waals surface area contributed by atoms with Crippen LogP contribution in [-0.2, 0) is 4.79 Å². The first-order valence-electron chi connectivity index (χ1n) is 6.13. The zero-order chi connectivity index (χ0) is 13.0. The molecule has 0 aromatic heterocycles. The van der Waals surface area contributed by atoms with Gasteiger partial charge in [0.15, 0.2) is 0 Å². The Morgan fingerprint density at radius 1 is 1.33 bits per heavy atom. The van der Waals surface area contributed by atoms with E-state index in [9.17, 15) is 9.18 Å². The first-order chi connectivity index (χ1) is 8.66. The summed E-state index contributed by atoms with van der Waals surface area (Å²) in [6, 6.07) is 4.25. The maximum absolute atomic E-state index is 13.4. The number of likely N-dealkylation sites (tertiary alicyclic amines) is 1. The number of anilines is 1. The summed E-state index contributed by atoms with van der Waals surface area (Å²) in [6.07, 6.45) is 3.29. The molecule has 1 heterocycles. The second kappa shape index (κ2) is 6.05. The van der Waals surface area contributed by atoms with Crippen LogP contribution >= 0.6 is 11.6 Å². The summed E-state index contributed by atoms with van der Waals surface area (Å²) >= 11 is 5.78. The minimum absolute atomic E-state index is 0.00840. The van der Waals surface area contributed by atoms with Crippen molar-refractivity contribution in [2.24, 2.45) is 0 Å². The van der Waals surface area contributed by atoms with E-state index in [1.54, 1.807) is 0 Å². The average molecular weight is 271 g/mol. The lowest BCUT2D eigenvalue weighted by Crippen LogP contribution is -2.39. The minimum atomic E-state index is -0.397. The summed E-state index contributed by atoms with van der Waals surface area (Å²) < 4.78 is 13.4. The molecule has 1 aromatic rings. The molecule has 1 N–H and O–H groups in total. The number of carbonyl (C=O) groups is 1. The van der Waals surface area contributed by atoms with Gasteiger partial charge >= 0.3 is 0 Å². The van der Waals surface area contributed by atoms with E-state index in [2.05, 4.69) is 5.32 Å². The van der Waals surface area contributed by atoms with Crippen molar-refractivity contribution < 1.29 is 9.18 Å². The van der Waals surface area contributed by atoms with Crippen molar-refractivity contribution >= 4 is 23.2 Å². The van der Waals surface area contributed by atoms with Crippen molar-refractivity contribution in [3.05, 3.63) is 29.0 Å². The van der Waals surface area contributed by atoms with Gasteiger partial charge in [0.05, 0.1) is 12.2 Å². The molecule has 0 radical (unpaired) electrons. The first-order valence-corrected chi connectivity index (χ1v) is 6.51. The fourth-order valence-electron chi connectivity index (χ4n) is 2.06. The highest BCUT2D eigenvalue weighted by molar-refractivity contribution is 6.30. The second-order valence-corrected chi connectivity index (χ2v) is 4.86. The Morgan fingerprint density at radius 3 is 2.78 bits per heavy atom. The summed E-state index contributed by atoms with van der Waals surface area (Å²) in [4.78, 5) is 13.7. The van der Waals surface area contributed by atoms with E-state index in [0.29, 0.717) is 5.02 Å². The monoisotopic (exact) mass is 270 g/mol. The molecule has 0 aliphatic carbocycles. The van der Waals surface area contributed by atoms with E-state index < -0.39 is 5.82 Å². The third-order valence-electron chi connectivity index (χ3n) is 3.07. The fourth-order valence-corrected chi connectivity index (χ4v) is 2.23. The molecule has 1 fully saturated rings. The van der Waals surface area contributed by atoms with Crippen LogP contribution in [0.5, 0.6) is 0 Å². The van der Waals surface area contributed by atoms with Crippen LogP contribution in [0, 0.1) is 5.82 Å². The molecule has 1 aliphatic heterocycles. The number of nitrogens with zero attached hydrogens (tertiary/aromatic N) is 1. The van der Waals surface area contributed by atoms with Gasteiger partial charge in [0.1, 0.15) is 5.82 Å². The molecule has 98 valence electrons. The molecular formula is C13H16ClFN2O. The molecule has 18 heavy (non-hydrogen) atoms. The van der Waals surface area contributed by atoms with Crippen LogP contribution in [-0.4, -0.2) is 30.4 Å². The zero-order valence-electron chi connectivity index (χ0n) is 10.1. The van der Waals surface area contributed by atoms with E-state index in [1.807, 2.05) is 4.90 Å². The van der Waals surface area contributed by atoms with Gasteiger partial charge in [-0.25, -0.2) is 4.39 Å². The Morgan fingerprint density at radius 2 is 2.06 bits per heavy atom. The third kappa shape index (κ3) is 3.35. The van der Waals surface area contributed by atoms with E-state index in [4.69, 9.17) is 11.6 Å². The van der Waals surface area contributed by atoms with Gasteiger partial charge in [0, 0.05) is 18.1 Å². The summed E-state index contributed by atoms with van der Waals surface area (Å²) in [7, 11) is 0. The number of carbonyl (C=O) groups excluding carboxylic acids is 1. The Bertz CT molecular complexity index is 433. The van der Waals surface area contributed by atoms with Gasteiger partial charge in [0.25, 0.3) is 0 Å². The predicted octanol–water partition coefficient (Wildman–Crippen LogP) is 2.90. The highest BCUT2D eigenvalue weighted by Crippen LogP contribution is 2.19. The van der Waals surface area contributed by atoms with Gasteiger partial charge in [-0.3, -0.25) is 4.79 Å². The Hall–Kier alpha value is -1.29. The minimum Gasteiger partial charge on any atom is -0.374 e. The lowest BCUT2D eigenvalue weighted by atomic mass is 10.1. The second-order valence-electron chi connectivity index (χ2n) is 4.42. The number of piperidine rings is 1. The van der Waals surface area contributed by atoms with Crippen LogP contribution in [0.2, 0.25) is 5.02 Å². The molecule has 1 saturated heterocycles. The molecule has 1 amide bonds. The number of amides is 1. The number of benzene rings is 1. The molecule has 0 unspecified atom stereocenters. The first kappa shape index (κ1) is 13.1. The van der Waals surface area contributed by atoms with Crippen molar-refractivity contribution in [3.63, 3.8) is 0 Å². The van der Waals surface area contributed by atoms with Crippen molar-refractivity contribution in [2.45, 2.75) is 19.3 Å². The lowest BCUT2D eigenvalue weighted by molar-refractivity contribution is -0.130. The summed E-state index contributed by atoms with van der Waals surface area (Å²) in [5.74, 6) is -0.389. The summed E-state index contributed by atoms with van der Waals surface area (Å²) in [5, 5.41) is 3.25. The lowest BCUT2D eigenvalue weighted by Gasteiger charge is -2.26. The molecule has 1 aromatic carbocycles. The van der Waals surface area contributed by atoms with Crippen LogP contribution in [0.4, 0.5) is 10.1 Å². The van der Waals surface area contributed by atoms with Gasteiger partial charge < -0.3 is 10.2 Å². The number of hydrogen-bond acceptors (Lipinski definition) is 2.